The minimum Gasteiger partial charge on any atom is -0.492 e. The second kappa shape index (κ2) is 7.61. The number of nitrogens with zero attached hydrogens (tertiary/aromatic N) is 1. The molecule has 21 heavy (non-hydrogen) atoms. The van der Waals surface area contributed by atoms with Gasteiger partial charge in [-0.2, -0.15) is 0 Å². The molecule has 0 amide bonds. The molecule has 1 aromatic carbocycles. The van der Waals surface area contributed by atoms with Crippen molar-refractivity contribution in [2.45, 2.75) is 44.7 Å². The normalized spacial score (nSPS) is 19.7. The highest BCUT2D eigenvalue weighted by Gasteiger charge is 2.20. The Hall–Kier alpha value is -0.580. The summed E-state index contributed by atoms with van der Waals surface area (Å²) in [7, 11) is 0. The van der Waals surface area contributed by atoms with Crippen molar-refractivity contribution in [1.29, 1.82) is 0 Å². The van der Waals surface area contributed by atoms with E-state index in [1.54, 1.807) is 0 Å². The van der Waals surface area contributed by atoms with Crippen LogP contribution in [0.4, 0.5) is 0 Å². The van der Waals surface area contributed by atoms with Gasteiger partial charge in [-0.05, 0) is 62.5 Å². The van der Waals surface area contributed by atoms with E-state index in [0.717, 1.165) is 31.5 Å². The molecule has 1 saturated heterocycles. The second-order valence-electron chi connectivity index (χ2n) is 6.16. The molecule has 0 atom stereocenters. The molecule has 1 aromatic rings. The third-order valence-electron chi connectivity index (χ3n) is 4.30. The Kier molecular flexibility index (Phi) is 5.55. The van der Waals surface area contributed by atoms with Gasteiger partial charge in [0.05, 0.1) is 0 Å². The lowest BCUT2D eigenvalue weighted by molar-refractivity contribution is 0.183. The molecule has 2 fully saturated rings. The third kappa shape index (κ3) is 4.97. The standard InChI is InChI=1S/C17H25BrN2O/c18-17-7-6-16(12-14(17)13-19-15-4-5-15)21-11-10-20-8-2-1-3-9-20/h6-7,12,15,19H,1-5,8-11,13H2. The Labute approximate surface area is 136 Å². The van der Waals surface area contributed by atoms with Crippen molar-refractivity contribution in [3.8, 4) is 5.75 Å². The number of nitrogens with one attached hydrogen (secondary N) is 1. The van der Waals surface area contributed by atoms with Crippen LogP contribution in [0.2, 0.25) is 0 Å². The highest BCUT2D eigenvalue weighted by atomic mass is 79.9. The van der Waals surface area contributed by atoms with Gasteiger partial charge in [0, 0.05) is 23.6 Å². The van der Waals surface area contributed by atoms with Crippen molar-refractivity contribution in [3.05, 3.63) is 28.2 Å². The van der Waals surface area contributed by atoms with Gasteiger partial charge in [0.1, 0.15) is 12.4 Å². The summed E-state index contributed by atoms with van der Waals surface area (Å²) in [6.07, 6.45) is 6.72. The minimum absolute atomic E-state index is 0.737. The van der Waals surface area contributed by atoms with E-state index in [1.807, 2.05) is 0 Å². The Morgan fingerprint density at radius 2 is 2.00 bits per heavy atom. The molecule has 3 nitrogen and oxygen atoms in total. The fraction of sp³-hybridized carbons (Fsp3) is 0.647. The van der Waals surface area contributed by atoms with Crippen LogP contribution in [0.15, 0.2) is 22.7 Å². The third-order valence-corrected chi connectivity index (χ3v) is 5.07. The van der Waals surface area contributed by atoms with Crippen LogP contribution in [-0.4, -0.2) is 37.2 Å². The summed E-state index contributed by atoms with van der Waals surface area (Å²) in [6.45, 7) is 5.23. The van der Waals surface area contributed by atoms with Crippen LogP contribution in [0.1, 0.15) is 37.7 Å². The molecular formula is C17H25BrN2O. The summed E-state index contributed by atoms with van der Waals surface area (Å²) in [6, 6.07) is 7.05. The molecule has 0 aromatic heterocycles. The number of hydrogen-bond acceptors (Lipinski definition) is 3. The molecule has 0 unspecified atom stereocenters. The molecule has 1 heterocycles. The summed E-state index contributed by atoms with van der Waals surface area (Å²) in [4.78, 5) is 2.51. The molecule has 2 aliphatic rings. The molecule has 1 aliphatic carbocycles. The van der Waals surface area contributed by atoms with Gasteiger partial charge in [0.25, 0.3) is 0 Å². The van der Waals surface area contributed by atoms with Crippen LogP contribution in [0, 0.1) is 0 Å². The fourth-order valence-electron chi connectivity index (χ4n) is 2.79. The second-order valence-corrected chi connectivity index (χ2v) is 7.01. The minimum atomic E-state index is 0.737. The molecule has 3 rings (SSSR count). The largest absolute Gasteiger partial charge is 0.492 e. The SMILES string of the molecule is Brc1ccc(OCCN2CCCCC2)cc1CNC1CC1. The highest BCUT2D eigenvalue weighted by Crippen LogP contribution is 2.25. The molecule has 1 saturated carbocycles. The number of piperidine rings is 1. The maximum Gasteiger partial charge on any atom is 0.119 e. The van der Waals surface area contributed by atoms with E-state index in [-0.39, 0.29) is 0 Å². The van der Waals surface area contributed by atoms with Crippen molar-refractivity contribution in [1.82, 2.24) is 10.2 Å². The Morgan fingerprint density at radius 1 is 1.19 bits per heavy atom. The van der Waals surface area contributed by atoms with Gasteiger partial charge >= 0.3 is 0 Å². The van der Waals surface area contributed by atoms with Gasteiger partial charge in [-0.3, -0.25) is 4.90 Å². The monoisotopic (exact) mass is 352 g/mol. The first-order chi connectivity index (χ1) is 10.3. The molecule has 0 spiro atoms. The lowest BCUT2D eigenvalue weighted by Crippen LogP contribution is -2.33. The van der Waals surface area contributed by atoms with Crippen LogP contribution in [0.5, 0.6) is 5.75 Å². The topological polar surface area (TPSA) is 24.5 Å². The van der Waals surface area contributed by atoms with Crippen molar-refractivity contribution in [3.63, 3.8) is 0 Å². The number of benzene rings is 1. The zero-order valence-electron chi connectivity index (χ0n) is 12.6. The molecule has 0 radical (unpaired) electrons. The number of halogens is 1. The molecule has 4 heteroatoms. The maximum absolute atomic E-state index is 5.94. The first kappa shape index (κ1) is 15.3. The fourth-order valence-corrected chi connectivity index (χ4v) is 3.18. The summed E-state index contributed by atoms with van der Waals surface area (Å²) in [5, 5.41) is 3.55. The average molecular weight is 353 g/mol. The van der Waals surface area contributed by atoms with Crippen molar-refractivity contribution >= 4 is 15.9 Å². The average Bonchev–Trinajstić information content (AvgIpc) is 3.33. The van der Waals surface area contributed by atoms with Gasteiger partial charge in [-0.25, -0.2) is 0 Å². The Morgan fingerprint density at radius 3 is 2.76 bits per heavy atom. The predicted molar refractivity (Wildman–Crippen MR) is 89.8 cm³/mol. The van der Waals surface area contributed by atoms with Gasteiger partial charge in [-0.1, -0.05) is 22.4 Å². The zero-order chi connectivity index (χ0) is 14.5. The molecule has 1 aliphatic heterocycles. The van der Waals surface area contributed by atoms with Crippen LogP contribution >= 0.6 is 15.9 Å². The number of hydrogen-bond donors (Lipinski definition) is 1. The number of rotatable bonds is 7. The van der Waals surface area contributed by atoms with E-state index < -0.39 is 0 Å². The van der Waals surface area contributed by atoms with Gasteiger partial charge in [0.15, 0.2) is 0 Å². The number of ether oxygens (including phenoxy) is 1. The van der Waals surface area contributed by atoms with E-state index in [0.29, 0.717) is 0 Å². The quantitative estimate of drug-likeness (QED) is 0.811. The van der Waals surface area contributed by atoms with E-state index in [1.165, 1.54) is 55.2 Å². The van der Waals surface area contributed by atoms with E-state index in [2.05, 4.69) is 44.3 Å². The van der Waals surface area contributed by atoms with Crippen molar-refractivity contribution in [2.75, 3.05) is 26.2 Å². The van der Waals surface area contributed by atoms with Gasteiger partial charge in [0.2, 0.25) is 0 Å². The lowest BCUT2D eigenvalue weighted by atomic mass is 10.1. The Bertz CT molecular complexity index is 456. The van der Waals surface area contributed by atoms with E-state index in [9.17, 15) is 0 Å². The first-order valence-electron chi connectivity index (χ1n) is 8.18. The molecule has 1 N–H and O–H groups in total. The molecule has 116 valence electrons. The first-order valence-corrected chi connectivity index (χ1v) is 8.97. The van der Waals surface area contributed by atoms with E-state index >= 15 is 0 Å². The maximum atomic E-state index is 5.94. The van der Waals surface area contributed by atoms with Crippen molar-refractivity contribution in [2.24, 2.45) is 0 Å². The van der Waals surface area contributed by atoms with E-state index in [4.69, 9.17) is 4.74 Å². The van der Waals surface area contributed by atoms with Crippen molar-refractivity contribution < 1.29 is 4.74 Å². The summed E-state index contributed by atoms with van der Waals surface area (Å²) < 4.78 is 7.10. The van der Waals surface area contributed by atoms with Crippen LogP contribution in [0.3, 0.4) is 0 Å². The smallest absolute Gasteiger partial charge is 0.119 e. The van der Waals surface area contributed by atoms with Crippen LogP contribution < -0.4 is 10.1 Å². The summed E-state index contributed by atoms with van der Waals surface area (Å²) in [5.41, 5.74) is 1.29. The lowest BCUT2D eigenvalue weighted by Gasteiger charge is -2.26. The summed E-state index contributed by atoms with van der Waals surface area (Å²) in [5.74, 6) is 0.989. The zero-order valence-corrected chi connectivity index (χ0v) is 14.2. The van der Waals surface area contributed by atoms with Crippen LogP contribution in [0.25, 0.3) is 0 Å². The van der Waals surface area contributed by atoms with Crippen LogP contribution in [-0.2, 0) is 6.54 Å². The molecule has 0 bridgehead atoms. The van der Waals surface area contributed by atoms with Gasteiger partial charge in [-0.15, -0.1) is 0 Å². The highest BCUT2D eigenvalue weighted by molar-refractivity contribution is 9.10. The van der Waals surface area contributed by atoms with Gasteiger partial charge < -0.3 is 10.1 Å². The number of likely N-dealkylation sites (tertiary alicyclic amines) is 1. The molecular weight excluding hydrogens is 328 g/mol. The predicted octanol–water partition coefficient (Wildman–Crippen LogP) is 3.57. The summed E-state index contributed by atoms with van der Waals surface area (Å²) >= 11 is 3.63. The Balaban J connectivity index is 1.46.